The average molecular weight is 382 g/mol. The number of ether oxygens (including phenoxy) is 2. The lowest BCUT2D eigenvalue weighted by molar-refractivity contribution is -0.135. The third-order valence-corrected chi connectivity index (χ3v) is 4.25. The van der Waals surface area contributed by atoms with E-state index in [1.54, 1.807) is 30.3 Å². The fourth-order valence-corrected chi connectivity index (χ4v) is 2.76. The maximum Gasteiger partial charge on any atom is 0.345 e. The molecule has 2 aromatic rings. The number of benzene rings is 2. The van der Waals surface area contributed by atoms with Crippen LogP contribution in [0.4, 0.5) is 0 Å². The summed E-state index contributed by atoms with van der Waals surface area (Å²) in [5.41, 5.74) is 3.01. The maximum absolute atomic E-state index is 12.1. The Balaban J connectivity index is 1.78. The summed E-state index contributed by atoms with van der Waals surface area (Å²) < 4.78 is 9.91. The van der Waals surface area contributed by atoms with Gasteiger partial charge in [-0.2, -0.15) is 0 Å². The molecule has 0 spiro atoms. The molecule has 28 heavy (non-hydrogen) atoms. The summed E-state index contributed by atoms with van der Waals surface area (Å²) in [7, 11) is 0. The van der Waals surface area contributed by atoms with Gasteiger partial charge in [-0.3, -0.25) is 4.79 Å². The molecule has 148 valence electrons. The smallest absolute Gasteiger partial charge is 0.345 e. The molecule has 0 bridgehead atoms. The summed E-state index contributed by atoms with van der Waals surface area (Å²) in [5.74, 6) is -1.63. The molecule has 2 aromatic carbocycles. The van der Waals surface area contributed by atoms with Crippen molar-refractivity contribution in [3.8, 4) is 0 Å². The minimum atomic E-state index is -0.664. The van der Waals surface area contributed by atoms with Crippen molar-refractivity contribution >= 4 is 17.9 Å². The Labute approximate surface area is 165 Å². The molecule has 0 radical (unpaired) electrons. The lowest BCUT2D eigenvalue weighted by Gasteiger charge is -2.07. The Morgan fingerprint density at radius 3 is 2.21 bits per heavy atom. The van der Waals surface area contributed by atoms with E-state index in [2.05, 4.69) is 11.7 Å². The first-order chi connectivity index (χ1) is 13.5. The zero-order valence-corrected chi connectivity index (χ0v) is 16.4. The van der Waals surface area contributed by atoms with Crippen LogP contribution in [-0.2, 0) is 27.1 Å². The van der Waals surface area contributed by atoms with Crippen molar-refractivity contribution in [3.63, 3.8) is 0 Å². The summed E-state index contributed by atoms with van der Waals surface area (Å²) in [6.45, 7) is 3.63. The Hall–Kier alpha value is -2.95. The molecule has 0 aromatic heterocycles. The van der Waals surface area contributed by atoms with Gasteiger partial charge in [0.1, 0.15) is 0 Å². The van der Waals surface area contributed by atoms with Gasteiger partial charge in [0.15, 0.2) is 0 Å². The van der Waals surface area contributed by atoms with Gasteiger partial charge < -0.3 is 9.47 Å². The van der Waals surface area contributed by atoms with Crippen LogP contribution < -0.4 is 0 Å². The molecule has 0 aliphatic rings. The summed E-state index contributed by atoms with van der Waals surface area (Å²) in [5, 5.41) is 0. The molecule has 5 heteroatoms. The van der Waals surface area contributed by atoms with Crippen LogP contribution in [0, 0.1) is 0 Å². The van der Waals surface area contributed by atoms with Crippen LogP contribution in [0.25, 0.3) is 0 Å². The van der Waals surface area contributed by atoms with Crippen molar-refractivity contribution in [2.24, 2.45) is 0 Å². The van der Waals surface area contributed by atoms with E-state index in [1.165, 1.54) is 12.5 Å². The third-order valence-electron chi connectivity index (χ3n) is 4.25. The average Bonchev–Trinajstić information content (AvgIpc) is 2.69. The molecule has 0 fully saturated rings. The second-order valence-corrected chi connectivity index (χ2v) is 6.62. The monoisotopic (exact) mass is 382 g/mol. The van der Waals surface area contributed by atoms with Gasteiger partial charge in [-0.1, -0.05) is 37.6 Å². The Bertz CT molecular complexity index is 808. The number of aryl methyl sites for hydroxylation is 2. The van der Waals surface area contributed by atoms with Gasteiger partial charge in [-0.05, 0) is 61.1 Å². The highest BCUT2D eigenvalue weighted by Crippen LogP contribution is 2.11. The molecule has 5 nitrogen and oxygen atoms in total. The lowest BCUT2D eigenvalue weighted by atomic mass is 10.1. The highest BCUT2D eigenvalue weighted by molar-refractivity contribution is 5.96. The summed E-state index contributed by atoms with van der Waals surface area (Å²) in [6, 6.07) is 14.4. The number of carbonyl (C=O) groups is 3. The van der Waals surface area contributed by atoms with E-state index in [0.29, 0.717) is 30.6 Å². The Kier molecular flexibility index (Phi) is 8.40. The SMILES string of the molecule is CCCCc1ccc(C(=O)OCCCc2cccc(C(=O)OC(C)=O)c2)cc1. The molecule has 0 atom stereocenters. The molecule has 0 aliphatic heterocycles. The van der Waals surface area contributed by atoms with Crippen molar-refractivity contribution in [1.29, 1.82) is 0 Å². The minimum Gasteiger partial charge on any atom is -0.462 e. The number of rotatable bonds is 9. The van der Waals surface area contributed by atoms with Crippen LogP contribution in [0.3, 0.4) is 0 Å². The number of carbonyl (C=O) groups excluding carboxylic acids is 3. The normalized spacial score (nSPS) is 10.4. The van der Waals surface area contributed by atoms with Crippen LogP contribution in [0.5, 0.6) is 0 Å². The molecular formula is C23H26O5. The van der Waals surface area contributed by atoms with Crippen LogP contribution in [0.2, 0.25) is 0 Å². The summed E-state index contributed by atoms with van der Waals surface area (Å²) >= 11 is 0. The van der Waals surface area contributed by atoms with E-state index in [4.69, 9.17) is 4.74 Å². The van der Waals surface area contributed by atoms with Gasteiger partial charge in [0, 0.05) is 6.92 Å². The number of esters is 3. The van der Waals surface area contributed by atoms with Gasteiger partial charge in [0.25, 0.3) is 0 Å². The molecule has 0 saturated carbocycles. The Morgan fingerprint density at radius 2 is 1.54 bits per heavy atom. The predicted molar refractivity (Wildman–Crippen MR) is 106 cm³/mol. The second kappa shape index (κ2) is 11.0. The lowest BCUT2D eigenvalue weighted by Crippen LogP contribution is -2.10. The minimum absolute atomic E-state index is 0.290. The largest absolute Gasteiger partial charge is 0.462 e. The van der Waals surface area contributed by atoms with Crippen molar-refractivity contribution in [2.45, 2.75) is 46.0 Å². The van der Waals surface area contributed by atoms with Crippen LogP contribution >= 0.6 is 0 Å². The van der Waals surface area contributed by atoms with Gasteiger partial charge in [-0.15, -0.1) is 0 Å². The highest BCUT2D eigenvalue weighted by Gasteiger charge is 2.11. The fourth-order valence-electron chi connectivity index (χ4n) is 2.76. The van der Waals surface area contributed by atoms with Crippen molar-refractivity contribution in [3.05, 3.63) is 70.8 Å². The molecule has 0 heterocycles. The van der Waals surface area contributed by atoms with E-state index in [-0.39, 0.29) is 5.97 Å². The van der Waals surface area contributed by atoms with Crippen molar-refractivity contribution in [1.82, 2.24) is 0 Å². The summed E-state index contributed by atoms with van der Waals surface area (Å²) in [4.78, 5) is 34.7. The van der Waals surface area contributed by atoms with E-state index in [0.717, 1.165) is 24.8 Å². The van der Waals surface area contributed by atoms with Gasteiger partial charge in [0.05, 0.1) is 17.7 Å². The Morgan fingerprint density at radius 1 is 0.821 bits per heavy atom. The van der Waals surface area contributed by atoms with Gasteiger partial charge >= 0.3 is 17.9 Å². The van der Waals surface area contributed by atoms with E-state index >= 15 is 0 Å². The van der Waals surface area contributed by atoms with Crippen LogP contribution in [0.15, 0.2) is 48.5 Å². The zero-order valence-electron chi connectivity index (χ0n) is 16.4. The maximum atomic E-state index is 12.1. The van der Waals surface area contributed by atoms with E-state index < -0.39 is 11.9 Å². The molecule has 0 aliphatic carbocycles. The number of unbranched alkanes of at least 4 members (excludes halogenated alkanes) is 1. The first-order valence-corrected chi connectivity index (χ1v) is 9.57. The molecule has 2 rings (SSSR count). The van der Waals surface area contributed by atoms with Crippen molar-refractivity contribution < 1.29 is 23.9 Å². The van der Waals surface area contributed by atoms with Crippen LogP contribution in [-0.4, -0.2) is 24.5 Å². The zero-order chi connectivity index (χ0) is 20.4. The molecule has 0 N–H and O–H groups in total. The standard InChI is InChI=1S/C23H26O5/c1-3-4-7-18-11-13-20(14-12-18)22(25)27-15-6-9-19-8-5-10-21(16-19)23(26)28-17(2)24/h5,8,10-14,16H,3-4,6-7,9,15H2,1-2H3. The fraction of sp³-hybridized carbons (Fsp3) is 0.348. The van der Waals surface area contributed by atoms with Crippen LogP contribution in [0.1, 0.15) is 65.0 Å². The third kappa shape index (κ3) is 6.99. The quantitative estimate of drug-likeness (QED) is 0.362. The molecule has 0 saturated heterocycles. The molecule has 0 amide bonds. The first kappa shape index (κ1) is 21.4. The molecular weight excluding hydrogens is 356 g/mol. The number of hydrogen-bond donors (Lipinski definition) is 0. The second-order valence-electron chi connectivity index (χ2n) is 6.62. The number of hydrogen-bond acceptors (Lipinski definition) is 5. The predicted octanol–water partition coefficient (Wildman–Crippen LogP) is 4.52. The van der Waals surface area contributed by atoms with Gasteiger partial charge in [-0.25, -0.2) is 9.59 Å². The first-order valence-electron chi connectivity index (χ1n) is 9.57. The van der Waals surface area contributed by atoms with E-state index in [1.807, 2.05) is 18.2 Å². The molecule has 0 unspecified atom stereocenters. The topological polar surface area (TPSA) is 69.7 Å². The van der Waals surface area contributed by atoms with E-state index in [9.17, 15) is 14.4 Å². The van der Waals surface area contributed by atoms with Gasteiger partial charge in [0.2, 0.25) is 0 Å². The van der Waals surface area contributed by atoms with Crippen molar-refractivity contribution in [2.75, 3.05) is 6.61 Å². The summed E-state index contributed by atoms with van der Waals surface area (Å²) in [6.07, 6.45) is 4.57. The highest BCUT2D eigenvalue weighted by atomic mass is 16.6.